The van der Waals surface area contributed by atoms with Gasteiger partial charge in [0, 0.05) is 27.7 Å². The molecular formula is C17H13NOS. The molecule has 20 heavy (non-hydrogen) atoms. The van der Waals surface area contributed by atoms with Gasteiger partial charge in [0.2, 0.25) is 0 Å². The van der Waals surface area contributed by atoms with E-state index in [9.17, 15) is 4.79 Å². The van der Waals surface area contributed by atoms with E-state index in [4.69, 9.17) is 0 Å². The molecule has 0 aliphatic carbocycles. The zero-order chi connectivity index (χ0) is 13.5. The first kappa shape index (κ1) is 11.7. The predicted octanol–water partition coefficient (Wildman–Crippen LogP) is 4.10. The summed E-state index contributed by atoms with van der Waals surface area (Å²) >= 11 is 1.63. The third kappa shape index (κ3) is 1.67. The highest BCUT2D eigenvalue weighted by molar-refractivity contribution is 7.17. The van der Waals surface area contributed by atoms with Crippen LogP contribution < -0.4 is 4.90 Å². The number of nitrogens with zero attached hydrogens (tertiary/aromatic N) is 1. The molecule has 0 fully saturated rings. The second-order valence-corrected chi connectivity index (χ2v) is 5.89. The Morgan fingerprint density at radius 1 is 1.05 bits per heavy atom. The van der Waals surface area contributed by atoms with Crippen LogP contribution in [0.2, 0.25) is 0 Å². The molecule has 3 heteroatoms. The molecule has 2 aromatic carbocycles. The maximum absolute atomic E-state index is 12.8. The van der Waals surface area contributed by atoms with Gasteiger partial charge in [-0.3, -0.25) is 4.79 Å². The summed E-state index contributed by atoms with van der Waals surface area (Å²) in [5.74, 6) is 0.118. The van der Waals surface area contributed by atoms with Crippen molar-refractivity contribution >= 4 is 33.0 Å². The summed E-state index contributed by atoms with van der Waals surface area (Å²) < 4.78 is 1.17. The molecule has 0 bridgehead atoms. The van der Waals surface area contributed by atoms with Gasteiger partial charge in [-0.2, -0.15) is 0 Å². The molecule has 0 N–H and O–H groups in total. The van der Waals surface area contributed by atoms with Gasteiger partial charge in [0.25, 0.3) is 5.91 Å². The third-order valence-corrected chi connectivity index (χ3v) is 4.81. The average Bonchev–Trinajstić information content (AvgIpc) is 3.11. The molecule has 0 saturated carbocycles. The Morgan fingerprint density at radius 2 is 1.85 bits per heavy atom. The molecule has 3 aromatic rings. The number of benzene rings is 2. The number of hydrogen-bond acceptors (Lipinski definition) is 2. The van der Waals surface area contributed by atoms with Crippen LogP contribution in [0.3, 0.4) is 0 Å². The van der Waals surface area contributed by atoms with Crippen molar-refractivity contribution < 1.29 is 4.79 Å². The number of thiophene rings is 1. The smallest absolute Gasteiger partial charge is 0.259 e. The first-order valence-electron chi connectivity index (χ1n) is 6.70. The van der Waals surface area contributed by atoms with Crippen molar-refractivity contribution in [3.8, 4) is 0 Å². The van der Waals surface area contributed by atoms with Crippen molar-refractivity contribution in [1.29, 1.82) is 0 Å². The summed E-state index contributed by atoms with van der Waals surface area (Å²) in [4.78, 5) is 14.7. The molecule has 0 spiro atoms. The number of rotatable bonds is 1. The fourth-order valence-corrected chi connectivity index (χ4v) is 3.77. The van der Waals surface area contributed by atoms with Gasteiger partial charge in [-0.25, -0.2) is 0 Å². The van der Waals surface area contributed by atoms with E-state index in [0.717, 1.165) is 29.6 Å². The molecule has 2 nitrogen and oxygen atoms in total. The van der Waals surface area contributed by atoms with Crippen LogP contribution in [0, 0.1) is 0 Å². The lowest BCUT2D eigenvalue weighted by Crippen LogP contribution is -2.28. The van der Waals surface area contributed by atoms with Gasteiger partial charge in [0.15, 0.2) is 0 Å². The number of fused-ring (bicyclic) bond motifs is 2. The molecule has 0 unspecified atom stereocenters. The molecule has 0 atom stereocenters. The van der Waals surface area contributed by atoms with Crippen molar-refractivity contribution in [3.63, 3.8) is 0 Å². The van der Waals surface area contributed by atoms with Crippen LogP contribution in [-0.4, -0.2) is 12.5 Å². The Labute approximate surface area is 121 Å². The normalized spacial score (nSPS) is 13.7. The molecule has 98 valence electrons. The third-order valence-electron chi connectivity index (χ3n) is 3.84. The van der Waals surface area contributed by atoms with Crippen LogP contribution in [0.5, 0.6) is 0 Å². The minimum absolute atomic E-state index is 0.118. The van der Waals surface area contributed by atoms with E-state index in [1.807, 2.05) is 46.7 Å². The zero-order valence-electron chi connectivity index (χ0n) is 10.9. The summed E-state index contributed by atoms with van der Waals surface area (Å²) in [5, 5.41) is 3.04. The van der Waals surface area contributed by atoms with Gasteiger partial charge in [0.1, 0.15) is 0 Å². The SMILES string of the molecule is O=C(c1csc2ccccc12)N1CCc2ccccc21. The van der Waals surface area contributed by atoms with E-state index in [2.05, 4.69) is 12.1 Å². The van der Waals surface area contributed by atoms with Gasteiger partial charge in [0.05, 0.1) is 5.56 Å². The van der Waals surface area contributed by atoms with Crippen LogP contribution in [0.15, 0.2) is 53.9 Å². The Kier molecular flexibility index (Phi) is 2.60. The number of hydrogen-bond donors (Lipinski definition) is 0. The summed E-state index contributed by atoms with van der Waals surface area (Å²) in [7, 11) is 0. The minimum Gasteiger partial charge on any atom is -0.308 e. The summed E-state index contributed by atoms with van der Waals surface area (Å²) in [5.41, 5.74) is 3.15. The Balaban J connectivity index is 1.79. The quantitative estimate of drug-likeness (QED) is 0.656. The second kappa shape index (κ2) is 4.46. The highest BCUT2D eigenvalue weighted by atomic mass is 32.1. The van der Waals surface area contributed by atoms with E-state index in [0.29, 0.717) is 0 Å². The van der Waals surface area contributed by atoms with Gasteiger partial charge in [-0.1, -0.05) is 36.4 Å². The standard InChI is InChI=1S/C17H13NOS/c19-17(14-11-20-16-8-4-2-6-13(14)16)18-10-9-12-5-1-3-7-15(12)18/h1-8,11H,9-10H2. The van der Waals surface area contributed by atoms with Crippen molar-refractivity contribution in [2.75, 3.05) is 11.4 Å². The molecule has 0 radical (unpaired) electrons. The van der Waals surface area contributed by atoms with Crippen molar-refractivity contribution in [2.45, 2.75) is 6.42 Å². The Morgan fingerprint density at radius 3 is 2.80 bits per heavy atom. The maximum Gasteiger partial charge on any atom is 0.259 e. The van der Waals surface area contributed by atoms with E-state index in [1.54, 1.807) is 11.3 Å². The fraction of sp³-hybridized carbons (Fsp3) is 0.118. The molecule has 1 aliphatic rings. The van der Waals surface area contributed by atoms with Crippen LogP contribution in [0.25, 0.3) is 10.1 Å². The number of amides is 1. The monoisotopic (exact) mass is 279 g/mol. The summed E-state index contributed by atoms with van der Waals surface area (Å²) in [6.07, 6.45) is 0.948. The van der Waals surface area contributed by atoms with Crippen LogP contribution in [0.4, 0.5) is 5.69 Å². The first-order chi connectivity index (χ1) is 9.84. The largest absolute Gasteiger partial charge is 0.308 e. The van der Waals surface area contributed by atoms with E-state index >= 15 is 0 Å². The molecule has 1 aromatic heterocycles. The second-order valence-electron chi connectivity index (χ2n) is 4.98. The molecular weight excluding hydrogens is 266 g/mol. The molecule has 1 aliphatic heterocycles. The zero-order valence-corrected chi connectivity index (χ0v) is 11.7. The minimum atomic E-state index is 0.118. The molecule has 1 amide bonds. The molecule has 2 heterocycles. The highest BCUT2D eigenvalue weighted by Crippen LogP contribution is 2.32. The number of anilines is 1. The maximum atomic E-state index is 12.8. The van der Waals surface area contributed by atoms with Gasteiger partial charge < -0.3 is 4.90 Å². The van der Waals surface area contributed by atoms with Crippen LogP contribution in [-0.2, 0) is 6.42 Å². The van der Waals surface area contributed by atoms with E-state index in [1.165, 1.54) is 10.3 Å². The first-order valence-corrected chi connectivity index (χ1v) is 7.58. The Bertz CT molecular complexity index is 805. The van der Waals surface area contributed by atoms with E-state index in [-0.39, 0.29) is 5.91 Å². The predicted molar refractivity (Wildman–Crippen MR) is 83.6 cm³/mol. The van der Waals surface area contributed by atoms with E-state index < -0.39 is 0 Å². The lowest BCUT2D eigenvalue weighted by Gasteiger charge is -2.16. The average molecular weight is 279 g/mol. The van der Waals surface area contributed by atoms with Crippen molar-refractivity contribution in [1.82, 2.24) is 0 Å². The fourth-order valence-electron chi connectivity index (χ4n) is 2.84. The summed E-state index contributed by atoms with van der Waals surface area (Å²) in [6.45, 7) is 0.780. The molecule has 0 saturated heterocycles. The lowest BCUT2D eigenvalue weighted by molar-refractivity contribution is 0.0991. The Hall–Kier alpha value is -2.13. The van der Waals surface area contributed by atoms with Crippen molar-refractivity contribution in [2.24, 2.45) is 0 Å². The molecule has 4 rings (SSSR count). The van der Waals surface area contributed by atoms with Crippen molar-refractivity contribution in [3.05, 3.63) is 65.0 Å². The summed E-state index contributed by atoms with van der Waals surface area (Å²) in [6, 6.07) is 16.3. The van der Waals surface area contributed by atoms with Crippen LogP contribution >= 0.6 is 11.3 Å². The van der Waals surface area contributed by atoms with Gasteiger partial charge in [-0.05, 0) is 24.1 Å². The number of carbonyl (C=O) groups is 1. The van der Waals surface area contributed by atoms with Crippen LogP contribution in [0.1, 0.15) is 15.9 Å². The topological polar surface area (TPSA) is 20.3 Å². The van der Waals surface area contributed by atoms with Gasteiger partial charge >= 0.3 is 0 Å². The highest BCUT2D eigenvalue weighted by Gasteiger charge is 2.26. The number of carbonyl (C=O) groups excluding carboxylic acids is 1. The number of para-hydroxylation sites is 1. The van der Waals surface area contributed by atoms with Gasteiger partial charge in [-0.15, -0.1) is 11.3 Å². The lowest BCUT2D eigenvalue weighted by atomic mass is 10.1.